The smallest absolute Gasteiger partial charge is 0.225 e. The van der Waals surface area contributed by atoms with Gasteiger partial charge in [0.2, 0.25) is 5.91 Å². The van der Waals surface area contributed by atoms with E-state index in [4.69, 9.17) is 32.7 Å². The second-order valence-corrected chi connectivity index (χ2v) is 4.58. The van der Waals surface area contributed by atoms with Gasteiger partial charge < -0.3 is 14.8 Å². The van der Waals surface area contributed by atoms with Crippen molar-refractivity contribution in [1.82, 2.24) is 0 Å². The van der Waals surface area contributed by atoms with Crippen molar-refractivity contribution in [2.75, 3.05) is 24.9 Å². The van der Waals surface area contributed by atoms with Gasteiger partial charge in [-0.05, 0) is 19.1 Å². The van der Waals surface area contributed by atoms with E-state index in [-0.39, 0.29) is 18.2 Å². The minimum atomic E-state index is -0.154. The van der Waals surface area contributed by atoms with Crippen molar-refractivity contribution in [3.63, 3.8) is 0 Å². The molecule has 0 saturated carbocycles. The normalized spacial score (nSPS) is 10.3. The van der Waals surface area contributed by atoms with E-state index in [0.717, 1.165) is 5.56 Å². The SMILES string of the molecule is CCOc1c(Cl)cc(NC(=O)CCCl)cc1COC. The Kier molecular flexibility index (Phi) is 6.99. The number of methoxy groups -OCH3 is 1. The molecule has 0 fully saturated rings. The zero-order chi connectivity index (χ0) is 14.3. The molecule has 0 aromatic heterocycles. The molecule has 0 aliphatic rings. The first-order valence-electron chi connectivity index (χ1n) is 5.92. The molecule has 6 heteroatoms. The van der Waals surface area contributed by atoms with E-state index >= 15 is 0 Å². The highest BCUT2D eigenvalue weighted by Gasteiger charge is 2.12. The van der Waals surface area contributed by atoms with Crippen LogP contribution in [0.25, 0.3) is 0 Å². The number of rotatable bonds is 7. The number of benzene rings is 1. The zero-order valence-corrected chi connectivity index (χ0v) is 12.5. The molecule has 0 aliphatic heterocycles. The summed E-state index contributed by atoms with van der Waals surface area (Å²) in [5, 5.41) is 3.18. The lowest BCUT2D eigenvalue weighted by molar-refractivity contribution is -0.115. The van der Waals surface area contributed by atoms with Gasteiger partial charge in [-0.25, -0.2) is 0 Å². The molecule has 1 N–H and O–H groups in total. The first kappa shape index (κ1) is 16.1. The highest BCUT2D eigenvalue weighted by atomic mass is 35.5. The van der Waals surface area contributed by atoms with Crippen LogP contribution in [-0.2, 0) is 16.1 Å². The number of halogens is 2. The average molecular weight is 306 g/mol. The van der Waals surface area contributed by atoms with Crippen molar-refractivity contribution in [3.8, 4) is 5.75 Å². The molecule has 1 amide bonds. The molecule has 0 atom stereocenters. The van der Waals surface area contributed by atoms with Crippen molar-refractivity contribution in [3.05, 3.63) is 22.7 Å². The number of carbonyl (C=O) groups is 1. The molecule has 1 aromatic rings. The Morgan fingerprint density at radius 1 is 1.42 bits per heavy atom. The number of alkyl halides is 1. The van der Waals surface area contributed by atoms with Crippen molar-refractivity contribution in [2.24, 2.45) is 0 Å². The number of amides is 1. The number of ether oxygens (including phenoxy) is 2. The standard InChI is InChI=1S/C13H17Cl2NO3/c1-3-19-13-9(8-18-2)6-10(7-11(13)15)16-12(17)4-5-14/h6-7H,3-5,8H2,1-2H3,(H,16,17). The number of hydrogen-bond donors (Lipinski definition) is 1. The summed E-state index contributed by atoms with van der Waals surface area (Å²) < 4.78 is 10.6. The van der Waals surface area contributed by atoms with Crippen LogP contribution in [0.2, 0.25) is 5.02 Å². The third-order valence-corrected chi connectivity index (χ3v) is 2.78. The molecular weight excluding hydrogens is 289 g/mol. The Morgan fingerprint density at radius 2 is 2.16 bits per heavy atom. The molecule has 0 heterocycles. The fourth-order valence-corrected chi connectivity index (χ4v) is 2.07. The monoisotopic (exact) mass is 305 g/mol. The summed E-state index contributed by atoms with van der Waals surface area (Å²) in [6.45, 7) is 2.74. The van der Waals surface area contributed by atoms with E-state index in [1.54, 1.807) is 19.2 Å². The fraction of sp³-hybridized carbons (Fsp3) is 0.462. The summed E-state index contributed by atoms with van der Waals surface area (Å²) in [6.07, 6.45) is 0.256. The molecule has 106 valence electrons. The Bertz CT molecular complexity index is 438. The molecule has 0 radical (unpaired) electrons. The topological polar surface area (TPSA) is 47.6 Å². The Labute approximate surface area is 123 Å². The lowest BCUT2D eigenvalue weighted by Gasteiger charge is -2.14. The molecule has 0 aliphatic carbocycles. The van der Waals surface area contributed by atoms with Gasteiger partial charge in [0.05, 0.1) is 18.2 Å². The molecule has 1 rings (SSSR count). The second-order valence-electron chi connectivity index (χ2n) is 3.80. The first-order valence-corrected chi connectivity index (χ1v) is 6.83. The Hall–Kier alpha value is -0.970. The van der Waals surface area contributed by atoms with Gasteiger partial charge in [-0.2, -0.15) is 0 Å². The molecule has 4 nitrogen and oxygen atoms in total. The molecule has 1 aromatic carbocycles. The summed E-state index contributed by atoms with van der Waals surface area (Å²) in [5.74, 6) is 0.710. The maximum atomic E-state index is 11.5. The van der Waals surface area contributed by atoms with Gasteiger partial charge in [-0.15, -0.1) is 11.6 Å². The van der Waals surface area contributed by atoms with Gasteiger partial charge in [0.1, 0.15) is 5.75 Å². The van der Waals surface area contributed by atoms with Crippen molar-refractivity contribution in [2.45, 2.75) is 20.0 Å². The molecule has 0 unspecified atom stereocenters. The highest BCUT2D eigenvalue weighted by Crippen LogP contribution is 2.33. The second kappa shape index (κ2) is 8.25. The van der Waals surface area contributed by atoms with Gasteiger partial charge >= 0.3 is 0 Å². The number of nitrogens with one attached hydrogen (secondary N) is 1. The maximum Gasteiger partial charge on any atom is 0.225 e. The molecule has 0 spiro atoms. The van der Waals surface area contributed by atoms with Crippen LogP contribution >= 0.6 is 23.2 Å². The molecule has 0 bridgehead atoms. The van der Waals surface area contributed by atoms with E-state index in [2.05, 4.69) is 5.32 Å². The first-order chi connectivity index (χ1) is 9.12. The molecular formula is C13H17Cl2NO3. The van der Waals surface area contributed by atoms with Crippen molar-refractivity contribution in [1.29, 1.82) is 0 Å². The molecule has 19 heavy (non-hydrogen) atoms. The lowest BCUT2D eigenvalue weighted by atomic mass is 10.1. The minimum Gasteiger partial charge on any atom is -0.492 e. The van der Waals surface area contributed by atoms with Gasteiger partial charge in [0.15, 0.2) is 0 Å². The van der Waals surface area contributed by atoms with Crippen molar-refractivity contribution >= 4 is 34.8 Å². The number of anilines is 1. The van der Waals surface area contributed by atoms with Gasteiger partial charge in [0.25, 0.3) is 0 Å². The highest BCUT2D eigenvalue weighted by molar-refractivity contribution is 6.32. The van der Waals surface area contributed by atoms with Crippen LogP contribution in [0, 0.1) is 0 Å². The predicted molar refractivity (Wildman–Crippen MR) is 77.3 cm³/mol. The predicted octanol–water partition coefficient (Wildman–Crippen LogP) is 3.45. The third kappa shape index (κ3) is 4.90. The van der Waals surface area contributed by atoms with Crippen molar-refractivity contribution < 1.29 is 14.3 Å². The van der Waals surface area contributed by atoms with Crippen LogP contribution in [0.5, 0.6) is 5.75 Å². The largest absolute Gasteiger partial charge is 0.492 e. The number of carbonyl (C=O) groups excluding carboxylic acids is 1. The summed E-state index contributed by atoms with van der Waals surface area (Å²) in [6, 6.07) is 3.43. The summed E-state index contributed by atoms with van der Waals surface area (Å²) in [4.78, 5) is 11.5. The summed E-state index contributed by atoms with van der Waals surface area (Å²) >= 11 is 11.7. The maximum absolute atomic E-state index is 11.5. The van der Waals surface area contributed by atoms with Gasteiger partial charge in [-0.1, -0.05) is 11.6 Å². The van der Waals surface area contributed by atoms with E-state index < -0.39 is 0 Å². The third-order valence-electron chi connectivity index (χ3n) is 2.31. The van der Waals surface area contributed by atoms with Gasteiger partial charge in [0, 0.05) is 30.7 Å². The summed E-state index contributed by atoms with van der Waals surface area (Å²) in [5.41, 5.74) is 1.40. The van der Waals surface area contributed by atoms with Crippen LogP contribution in [0.4, 0.5) is 5.69 Å². The van der Waals surface area contributed by atoms with E-state index in [9.17, 15) is 4.79 Å². The van der Waals surface area contributed by atoms with E-state index in [0.29, 0.717) is 29.7 Å². The van der Waals surface area contributed by atoms with Crippen LogP contribution < -0.4 is 10.1 Å². The molecule has 0 saturated heterocycles. The lowest BCUT2D eigenvalue weighted by Crippen LogP contribution is -2.12. The Morgan fingerprint density at radius 3 is 2.74 bits per heavy atom. The zero-order valence-electron chi connectivity index (χ0n) is 11.0. The van der Waals surface area contributed by atoms with Crippen LogP contribution in [-0.4, -0.2) is 25.5 Å². The van der Waals surface area contributed by atoms with Crippen LogP contribution in [0.1, 0.15) is 18.9 Å². The van der Waals surface area contributed by atoms with E-state index in [1.807, 2.05) is 6.92 Å². The summed E-state index contributed by atoms with van der Waals surface area (Å²) in [7, 11) is 1.59. The minimum absolute atomic E-state index is 0.154. The van der Waals surface area contributed by atoms with Crippen LogP contribution in [0.3, 0.4) is 0 Å². The van der Waals surface area contributed by atoms with E-state index in [1.165, 1.54) is 0 Å². The quantitative estimate of drug-likeness (QED) is 0.785. The van der Waals surface area contributed by atoms with Gasteiger partial charge in [-0.3, -0.25) is 4.79 Å². The van der Waals surface area contributed by atoms with Crippen LogP contribution in [0.15, 0.2) is 12.1 Å². The average Bonchev–Trinajstić information content (AvgIpc) is 2.34. The Balaban J connectivity index is 2.98. The number of hydrogen-bond acceptors (Lipinski definition) is 3. The fourth-order valence-electron chi connectivity index (χ4n) is 1.60.